The summed E-state index contributed by atoms with van der Waals surface area (Å²) < 4.78 is 48.3. The smallest absolute Gasteiger partial charge is 0.272 e. The van der Waals surface area contributed by atoms with E-state index in [4.69, 9.17) is 16.3 Å². The molecule has 1 aliphatic carbocycles. The molecule has 5 rings (SSSR count). The molecule has 0 aromatic heterocycles. The van der Waals surface area contributed by atoms with E-state index in [2.05, 4.69) is 21.8 Å². The number of nitrogens with zero attached hydrogens (tertiary/aromatic N) is 3. The van der Waals surface area contributed by atoms with Gasteiger partial charge in [-0.05, 0) is 35.9 Å². The van der Waals surface area contributed by atoms with Crippen molar-refractivity contribution in [2.45, 2.75) is 12.8 Å². The molecule has 0 amide bonds. The number of rotatable bonds is 7. The van der Waals surface area contributed by atoms with Crippen LogP contribution in [0.2, 0.25) is 0 Å². The fraction of sp³-hybridized carbons (Fsp3) is 0.345. The lowest BCUT2D eigenvalue weighted by Crippen LogP contribution is -2.56. The van der Waals surface area contributed by atoms with Gasteiger partial charge in [0.15, 0.2) is 5.83 Å². The Kier molecular flexibility index (Phi) is 7.66. The Balaban J connectivity index is 1.50. The molecule has 1 N–H and O–H groups in total. The summed E-state index contributed by atoms with van der Waals surface area (Å²) in [6, 6.07) is 13.4. The number of aliphatic imine (C=N–C) groups is 1. The quantitative estimate of drug-likeness (QED) is 0.455. The summed E-state index contributed by atoms with van der Waals surface area (Å²) in [5, 5.41) is 5.45. The van der Waals surface area contributed by atoms with Crippen LogP contribution in [0.15, 0.2) is 88.1 Å². The van der Waals surface area contributed by atoms with Crippen molar-refractivity contribution in [2.24, 2.45) is 4.99 Å². The number of piperazine rings is 1. The molecule has 2 aromatic carbocycles. The van der Waals surface area contributed by atoms with Gasteiger partial charge in [0.1, 0.15) is 12.3 Å². The van der Waals surface area contributed by atoms with Crippen LogP contribution in [0.4, 0.5) is 13.2 Å². The lowest BCUT2D eigenvalue weighted by atomic mass is 9.90. The number of likely N-dealkylation sites (tertiary alicyclic amines) is 1. The number of fused-ring (bicyclic) bond motifs is 1. The molecular formula is C29H30ClF3N4O. The van der Waals surface area contributed by atoms with Gasteiger partial charge >= 0.3 is 0 Å². The minimum Gasteiger partial charge on any atom is -0.477 e. The second-order valence-electron chi connectivity index (χ2n) is 9.71. The minimum absolute atomic E-state index is 0.0109. The Morgan fingerprint density at radius 3 is 2.58 bits per heavy atom. The van der Waals surface area contributed by atoms with Crippen LogP contribution in [0.25, 0.3) is 16.3 Å². The highest BCUT2D eigenvalue weighted by Crippen LogP contribution is 2.41. The molecule has 0 bridgehead atoms. The molecule has 9 heteroatoms. The Morgan fingerprint density at radius 2 is 1.84 bits per heavy atom. The van der Waals surface area contributed by atoms with Gasteiger partial charge in [-0.2, -0.15) is 0 Å². The second kappa shape index (κ2) is 11.0. The first-order chi connectivity index (χ1) is 18.2. The van der Waals surface area contributed by atoms with Gasteiger partial charge in [-0.3, -0.25) is 4.90 Å². The molecule has 0 radical (unpaired) electrons. The molecule has 200 valence electrons. The normalized spacial score (nSPS) is 22.4. The maximum atomic E-state index is 16.5. The average Bonchev–Trinajstić information content (AvgIpc) is 2.89. The SMILES string of the molecule is C=C(/N=C1/C(F)=C(c2cccc3ccccc23)C(Cl)=C/C1=C(/C)N1CCNCC1)OCCN1CC(F)(F)C1. The van der Waals surface area contributed by atoms with E-state index in [0.717, 1.165) is 42.6 Å². The zero-order valence-corrected chi connectivity index (χ0v) is 22.0. The van der Waals surface area contributed by atoms with E-state index in [1.54, 1.807) is 11.0 Å². The predicted molar refractivity (Wildman–Crippen MR) is 147 cm³/mol. The number of benzene rings is 2. The van der Waals surface area contributed by atoms with Crippen molar-refractivity contribution >= 4 is 33.7 Å². The number of alkyl halides is 2. The number of nitrogens with one attached hydrogen (secondary N) is 1. The third-order valence-electron chi connectivity index (χ3n) is 7.06. The lowest BCUT2D eigenvalue weighted by Gasteiger charge is -2.38. The molecular weight excluding hydrogens is 513 g/mol. The van der Waals surface area contributed by atoms with Crippen molar-refractivity contribution in [1.29, 1.82) is 0 Å². The fourth-order valence-corrected chi connectivity index (χ4v) is 5.36. The number of halogens is 4. The number of ether oxygens (including phenoxy) is 1. The second-order valence-corrected chi connectivity index (χ2v) is 10.1. The Morgan fingerprint density at radius 1 is 1.13 bits per heavy atom. The van der Waals surface area contributed by atoms with Gasteiger partial charge in [-0.25, -0.2) is 18.2 Å². The van der Waals surface area contributed by atoms with Gasteiger partial charge in [-0.15, -0.1) is 0 Å². The molecule has 3 aliphatic rings. The first kappa shape index (κ1) is 26.5. The molecule has 0 atom stereocenters. The maximum Gasteiger partial charge on any atom is 0.272 e. The van der Waals surface area contributed by atoms with E-state index in [1.807, 2.05) is 49.4 Å². The summed E-state index contributed by atoms with van der Waals surface area (Å²) in [6.45, 7) is 8.83. The van der Waals surface area contributed by atoms with Gasteiger partial charge in [0, 0.05) is 49.6 Å². The summed E-state index contributed by atoms with van der Waals surface area (Å²) >= 11 is 6.78. The third kappa shape index (κ3) is 5.53. The van der Waals surface area contributed by atoms with Gasteiger partial charge in [0.25, 0.3) is 5.92 Å². The van der Waals surface area contributed by atoms with Gasteiger partial charge in [0.2, 0.25) is 5.88 Å². The number of hydrogen-bond acceptors (Lipinski definition) is 5. The van der Waals surface area contributed by atoms with Crippen molar-refractivity contribution in [1.82, 2.24) is 15.1 Å². The standard InChI is InChI=1S/C29H30ClF3N4O/c1-19(37-12-10-34-11-13-37)24-16-25(30)26(23-9-5-7-21-6-3-4-8-22(21)23)27(31)28(24)35-20(2)38-15-14-36-17-29(32,33)18-36/h3-9,16,34H,2,10-15,17-18H2,1H3/b24-19+,35-28+. The van der Waals surface area contributed by atoms with E-state index in [9.17, 15) is 8.78 Å². The Bertz CT molecular complexity index is 1360. The molecule has 2 heterocycles. The van der Waals surface area contributed by atoms with Crippen LogP contribution < -0.4 is 5.32 Å². The highest BCUT2D eigenvalue weighted by Gasteiger charge is 2.43. The number of allylic oxidation sites excluding steroid dienone is 6. The molecule has 0 spiro atoms. The molecule has 2 saturated heterocycles. The maximum absolute atomic E-state index is 16.5. The summed E-state index contributed by atoms with van der Waals surface area (Å²) in [7, 11) is 0. The van der Waals surface area contributed by atoms with E-state index >= 15 is 4.39 Å². The van der Waals surface area contributed by atoms with Crippen LogP contribution in [-0.4, -0.2) is 73.9 Å². The van der Waals surface area contributed by atoms with Crippen molar-refractivity contribution in [2.75, 3.05) is 52.4 Å². The third-order valence-corrected chi connectivity index (χ3v) is 7.35. The first-order valence-electron chi connectivity index (χ1n) is 12.7. The van der Waals surface area contributed by atoms with Crippen LogP contribution >= 0.6 is 11.6 Å². The summed E-state index contributed by atoms with van der Waals surface area (Å²) in [6.07, 6.45) is 1.76. The van der Waals surface area contributed by atoms with Gasteiger partial charge in [0.05, 0.1) is 18.1 Å². The zero-order chi connectivity index (χ0) is 26.9. The van der Waals surface area contributed by atoms with Crippen LogP contribution in [0.3, 0.4) is 0 Å². The molecule has 2 aliphatic heterocycles. The topological polar surface area (TPSA) is 40.1 Å². The minimum atomic E-state index is -2.64. The Labute approximate surface area is 225 Å². The Hall–Kier alpha value is -3.07. The molecule has 5 nitrogen and oxygen atoms in total. The van der Waals surface area contributed by atoms with Crippen LogP contribution in [0.1, 0.15) is 12.5 Å². The predicted octanol–water partition coefficient (Wildman–Crippen LogP) is 5.72. The summed E-state index contributed by atoms with van der Waals surface area (Å²) in [5.41, 5.74) is 2.43. The van der Waals surface area contributed by atoms with E-state index in [1.165, 1.54) is 0 Å². The highest BCUT2D eigenvalue weighted by molar-refractivity contribution is 6.41. The summed E-state index contributed by atoms with van der Waals surface area (Å²) in [4.78, 5) is 8.23. The van der Waals surface area contributed by atoms with Crippen LogP contribution in [0.5, 0.6) is 0 Å². The first-order valence-corrected chi connectivity index (χ1v) is 13.0. The number of hydrogen-bond donors (Lipinski definition) is 1. The van der Waals surface area contributed by atoms with Crippen LogP contribution in [0, 0.1) is 0 Å². The van der Waals surface area contributed by atoms with Crippen molar-refractivity contribution in [3.8, 4) is 0 Å². The molecule has 0 saturated carbocycles. The molecule has 0 unspecified atom stereocenters. The van der Waals surface area contributed by atoms with E-state index in [-0.39, 0.29) is 41.9 Å². The lowest BCUT2D eigenvalue weighted by molar-refractivity contribution is -0.133. The van der Waals surface area contributed by atoms with Gasteiger partial charge in [-0.1, -0.05) is 54.1 Å². The van der Waals surface area contributed by atoms with E-state index in [0.29, 0.717) is 17.7 Å². The van der Waals surface area contributed by atoms with Crippen molar-refractivity contribution in [3.63, 3.8) is 0 Å². The van der Waals surface area contributed by atoms with Crippen molar-refractivity contribution in [3.05, 3.63) is 88.7 Å². The highest BCUT2D eigenvalue weighted by atomic mass is 35.5. The average molecular weight is 543 g/mol. The van der Waals surface area contributed by atoms with Crippen LogP contribution in [-0.2, 0) is 4.74 Å². The van der Waals surface area contributed by atoms with Crippen molar-refractivity contribution < 1.29 is 17.9 Å². The molecule has 2 fully saturated rings. The largest absolute Gasteiger partial charge is 0.477 e. The molecule has 2 aromatic rings. The monoisotopic (exact) mass is 542 g/mol. The molecule has 38 heavy (non-hydrogen) atoms. The fourth-order valence-electron chi connectivity index (χ4n) is 5.07. The summed E-state index contributed by atoms with van der Waals surface area (Å²) in [5.74, 6) is -3.19. The zero-order valence-electron chi connectivity index (χ0n) is 21.2. The van der Waals surface area contributed by atoms with E-state index < -0.39 is 11.7 Å². The van der Waals surface area contributed by atoms with Gasteiger partial charge < -0.3 is 15.0 Å².